The quantitative estimate of drug-likeness (QED) is 0.781. The predicted molar refractivity (Wildman–Crippen MR) is 80.2 cm³/mol. The van der Waals surface area contributed by atoms with Gasteiger partial charge in [-0.15, -0.1) is 10.2 Å². The summed E-state index contributed by atoms with van der Waals surface area (Å²) in [5, 5.41) is 9.72. The van der Waals surface area contributed by atoms with Crippen LogP contribution in [0.2, 0.25) is 0 Å². The average molecular weight is 271 g/mol. The monoisotopic (exact) mass is 271 g/mol. The van der Waals surface area contributed by atoms with Crippen LogP contribution in [0.3, 0.4) is 0 Å². The van der Waals surface area contributed by atoms with Crippen molar-refractivity contribution in [3.05, 3.63) is 41.2 Å². The Morgan fingerprint density at radius 1 is 1.21 bits per heavy atom. The summed E-state index contributed by atoms with van der Waals surface area (Å²) in [7, 11) is 0. The van der Waals surface area contributed by atoms with Crippen LogP contribution >= 0.6 is 11.8 Å². The first-order chi connectivity index (χ1) is 9.14. The number of hydrogen-bond donors (Lipinski definition) is 0. The van der Waals surface area contributed by atoms with Crippen molar-refractivity contribution in [2.75, 3.05) is 5.75 Å². The number of nitrogens with zero attached hydrogens (tertiary/aromatic N) is 3. The number of fused-ring (bicyclic) bond motifs is 2. The Kier molecular flexibility index (Phi) is 2.97. The zero-order valence-corrected chi connectivity index (χ0v) is 12.2. The lowest BCUT2D eigenvalue weighted by Crippen LogP contribution is -2.23. The summed E-state index contributed by atoms with van der Waals surface area (Å²) in [4.78, 5) is 0. The maximum absolute atomic E-state index is 4.43. The van der Waals surface area contributed by atoms with Gasteiger partial charge >= 0.3 is 0 Å². The minimum Gasteiger partial charge on any atom is -0.280 e. The molecule has 0 radical (unpaired) electrons. The lowest BCUT2D eigenvalue weighted by atomic mass is 9.81. The Labute approximate surface area is 117 Å². The van der Waals surface area contributed by atoms with Crippen LogP contribution in [0.25, 0.3) is 12.3 Å². The molecule has 0 amide bonds. The molecule has 2 heterocycles. The molecule has 0 atom stereocenters. The fourth-order valence-corrected chi connectivity index (χ4v) is 3.20. The fraction of sp³-hybridized carbons (Fsp3) is 0.333. The highest BCUT2D eigenvalue weighted by molar-refractivity contribution is 7.99. The van der Waals surface area contributed by atoms with Gasteiger partial charge in [-0.25, -0.2) is 0 Å². The van der Waals surface area contributed by atoms with Crippen molar-refractivity contribution < 1.29 is 0 Å². The standard InChI is InChI=1S/C15H17N3S/c1-4-19-14-17-16-13-15(2,3)12-8-6-5-7-11(12)9-10-18(13)14/h5-10H,4H2,1-3H3. The molecule has 0 unspecified atom stereocenters. The summed E-state index contributed by atoms with van der Waals surface area (Å²) < 4.78 is 2.12. The Balaban J connectivity index is 2.22. The molecule has 1 aliphatic heterocycles. The summed E-state index contributed by atoms with van der Waals surface area (Å²) in [5.74, 6) is 2.00. The molecule has 98 valence electrons. The first kappa shape index (κ1) is 12.5. The highest BCUT2D eigenvalue weighted by Crippen LogP contribution is 2.37. The van der Waals surface area contributed by atoms with Crippen molar-refractivity contribution in [2.24, 2.45) is 0 Å². The molecule has 1 aliphatic rings. The lowest BCUT2D eigenvalue weighted by molar-refractivity contribution is 0.579. The number of benzene rings is 1. The molecule has 0 aliphatic carbocycles. The van der Waals surface area contributed by atoms with Gasteiger partial charge in [0.15, 0.2) is 5.16 Å². The van der Waals surface area contributed by atoms with Crippen LogP contribution in [-0.4, -0.2) is 20.5 Å². The van der Waals surface area contributed by atoms with Gasteiger partial charge in [-0.2, -0.15) is 0 Å². The Morgan fingerprint density at radius 2 is 2.00 bits per heavy atom. The van der Waals surface area contributed by atoms with Gasteiger partial charge in [-0.1, -0.05) is 43.0 Å². The topological polar surface area (TPSA) is 30.7 Å². The molecule has 2 aromatic rings. The smallest absolute Gasteiger partial charge is 0.195 e. The zero-order valence-electron chi connectivity index (χ0n) is 11.4. The molecular weight excluding hydrogens is 254 g/mol. The molecular formula is C15H17N3S. The second-order valence-electron chi connectivity index (χ2n) is 5.14. The Bertz CT molecular complexity index is 641. The van der Waals surface area contributed by atoms with E-state index < -0.39 is 0 Å². The van der Waals surface area contributed by atoms with Crippen LogP contribution in [-0.2, 0) is 5.41 Å². The van der Waals surface area contributed by atoms with Crippen LogP contribution in [0, 0.1) is 0 Å². The van der Waals surface area contributed by atoms with Crippen molar-refractivity contribution in [1.82, 2.24) is 14.8 Å². The van der Waals surface area contributed by atoms with Crippen molar-refractivity contribution in [3.63, 3.8) is 0 Å². The van der Waals surface area contributed by atoms with Gasteiger partial charge in [0.25, 0.3) is 0 Å². The number of aromatic nitrogens is 3. The van der Waals surface area contributed by atoms with Crippen molar-refractivity contribution in [1.29, 1.82) is 0 Å². The van der Waals surface area contributed by atoms with Crippen LogP contribution in [0.5, 0.6) is 0 Å². The minimum atomic E-state index is -0.139. The second kappa shape index (κ2) is 4.53. The van der Waals surface area contributed by atoms with Gasteiger partial charge in [0.05, 0.1) is 5.41 Å². The first-order valence-corrected chi connectivity index (χ1v) is 7.49. The highest BCUT2D eigenvalue weighted by atomic mass is 32.2. The van der Waals surface area contributed by atoms with Gasteiger partial charge in [0, 0.05) is 6.20 Å². The molecule has 0 fully saturated rings. The largest absolute Gasteiger partial charge is 0.280 e. The Morgan fingerprint density at radius 3 is 2.79 bits per heavy atom. The fourth-order valence-electron chi connectivity index (χ4n) is 2.55. The SMILES string of the molecule is CCSc1nnc2n1C=Cc1ccccc1C2(C)C. The number of hydrogen-bond acceptors (Lipinski definition) is 3. The van der Waals surface area contributed by atoms with Crippen molar-refractivity contribution in [3.8, 4) is 0 Å². The summed E-state index contributed by atoms with van der Waals surface area (Å²) >= 11 is 1.72. The molecule has 0 bridgehead atoms. The van der Waals surface area contributed by atoms with E-state index in [1.165, 1.54) is 11.1 Å². The number of thioether (sulfide) groups is 1. The van der Waals surface area contributed by atoms with Gasteiger partial charge in [0.2, 0.25) is 0 Å². The molecule has 3 nitrogen and oxygen atoms in total. The van der Waals surface area contributed by atoms with E-state index in [2.05, 4.69) is 72.1 Å². The van der Waals surface area contributed by atoms with Crippen LogP contribution in [0.15, 0.2) is 29.4 Å². The summed E-state index contributed by atoms with van der Waals surface area (Å²) in [6, 6.07) is 8.49. The van der Waals surface area contributed by atoms with Gasteiger partial charge < -0.3 is 0 Å². The molecule has 3 rings (SSSR count). The predicted octanol–water partition coefficient (Wildman–Crippen LogP) is 3.66. The van der Waals surface area contributed by atoms with E-state index in [4.69, 9.17) is 0 Å². The summed E-state index contributed by atoms with van der Waals surface area (Å²) in [5.41, 5.74) is 2.41. The van der Waals surface area contributed by atoms with Gasteiger partial charge in [-0.05, 0) is 36.8 Å². The maximum Gasteiger partial charge on any atom is 0.195 e. The molecule has 4 heteroatoms. The minimum absolute atomic E-state index is 0.139. The van der Waals surface area contributed by atoms with Crippen molar-refractivity contribution in [2.45, 2.75) is 31.3 Å². The third-order valence-corrected chi connectivity index (χ3v) is 4.36. The third kappa shape index (κ3) is 1.91. The van der Waals surface area contributed by atoms with Crippen LogP contribution in [0.1, 0.15) is 37.7 Å². The van der Waals surface area contributed by atoms with E-state index in [1.807, 2.05) is 0 Å². The third-order valence-electron chi connectivity index (χ3n) is 3.53. The Hall–Kier alpha value is -1.55. The van der Waals surface area contributed by atoms with E-state index in [-0.39, 0.29) is 5.41 Å². The van der Waals surface area contributed by atoms with E-state index in [1.54, 1.807) is 11.8 Å². The van der Waals surface area contributed by atoms with Gasteiger partial charge in [-0.3, -0.25) is 4.57 Å². The molecule has 0 saturated heterocycles. The first-order valence-electron chi connectivity index (χ1n) is 6.50. The number of rotatable bonds is 2. The normalized spacial score (nSPS) is 15.7. The van der Waals surface area contributed by atoms with E-state index in [9.17, 15) is 0 Å². The molecule has 1 aromatic carbocycles. The van der Waals surface area contributed by atoms with E-state index in [0.29, 0.717) is 0 Å². The maximum atomic E-state index is 4.43. The highest BCUT2D eigenvalue weighted by Gasteiger charge is 2.32. The summed E-state index contributed by atoms with van der Waals surface area (Å²) in [6.07, 6.45) is 4.23. The van der Waals surface area contributed by atoms with Crippen molar-refractivity contribution >= 4 is 24.0 Å². The zero-order chi connectivity index (χ0) is 13.5. The van der Waals surface area contributed by atoms with Gasteiger partial charge in [0.1, 0.15) is 5.82 Å². The van der Waals surface area contributed by atoms with E-state index >= 15 is 0 Å². The molecule has 0 saturated carbocycles. The second-order valence-corrected chi connectivity index (χ2v) is 6.37. The average Bonchev–Trinajstić information content (AvgIpc) is 2.76. The summed E-state index contributed by atoms with van der Waals surface area (Å²) in [6.45, 7) is 6.55. The van der Waals surface area contributed by atoms with Crippen LogP contribution < -0.4 is 0 Å². The van der Waals surface area contributed by atoms with E-state index in [0.717, 1.165) is 16.7 Å². The molecule has 1 aromatic heterocycles. The molecule has 19 heavy (non-hydrogen) atoms. The van der Waals surface area contributed by atoms with Crippen LogP contribution in [0.4, 0.5) is 0 Å². The molecule has 0 spiro atoms. The lowest BCUT2D eigenvalue weighted by Gasteiger charge is -2.24. The molecule has 0 N–H and O–H groups in total.